The van der Waals surface area contributed by atoms with Gasteiger partial charge in [-0.25, -0.2) is 0 Å². The van der Waals surface area contributed by atoms with Crippen molar-refractivity contribution >= 4 is 5.97 Å². The van der Waals surface area contributed by atoms with Gasteiger partial charge in [-0.2, -0.15) is 0 Å². The highest BCUT2D eigenvalue weighted by Gasteiger charge is 2.45. The van der Waals surface area contributed by atoms with Crippen molar-refractivity contribution in [3.8, 4) is 11.3 Å². The number of benzene rings is 1. The Morgan fingerprint density at radius 2 is 1.89 bits per heavy atom. The second-order valence-electron chi connectivity index (χ2n) is 4.60. The SMILES string of the molecule is O=C(O)[C@@H]1C[C@H]1c1cccc(-c2ccccc2)n1. The van der Waals surface area contributed by atoms with Crippen LogP contribution in [0.15, 0.2) is 48.5 Å². The molecule has 1 aromatic carbocycles. The predicted molar refractivity (Wildman–Crippen MR) is 68.2 cm³/mol. The molecule has 3 nitrogen and oxygen atoms in total. The van der Waals surface area contributed by atoms with Gasteiger partial charge in [0.25, 0.3) is 0 Å². The first-order valence-electron chi connectivity index (χ1n) is 6.01. The number of nitrogens with zero attached hydrogens (tertiary/aromatic N) is 1. The Bertz CT molecular complexity index is 580. The molecule has 3 heteroatoms. The Labute approximate surface area is 105 Å². The van der Waals surface area contributed by atoms with Gasteiger partial charge in [0.2, 0.25) is 0 Å². The average molecular weight is 239 g/mol. The molecule has 0 radical (unpaired) electrons. The maximum atomic E-state index is 10.9. The third-order valence-corrected chi connectivity index (χ3v) is 3.33. The van der Waals surface area contributed by atoms with Gasteiger partial charge >= 0.3 is 5.97 Å². The number of carboxylic acids is 1. The van der Waals surface area contributed by atoms with E-state index >= 15 is 0 Å². The molecule has 0 bridgehead atoms. The number of hydrogen-bond acceptors (Lipinski definition) is 2. The smallest absolute Gasteiger partial charge is 0.307 e. The summed E-state index contributed by atoms with van der Waals surface area (Å²) >= 11 is 0. The van der Waals surface area contributed by atoms with E-state index in [9.17, 15) is 4.79 Å². The summed E-state index contributed by atoms with van der Waals surface area (Å²) in [5.74, 6) is -0.874. The van der Waals surface area contributed by atoms with Crippen molar-refractivity contribution in [2.75, 3.05) is 0 Å². The van der Waals surface area contributed by atoms with Crippen LogP contribution in [-0.2, 0) is 4.79 Å². The number of hydrogen-bond donors (Lipinski definition) is 1. The predicted octanol–water partition coefficient (Wildman–Crippen LogP) is 2.94. The van der Waals surface area contributed by atoms with E-state index in [1.165, 1.54) is 0 Å². The topological polar surface area (TPSA) is 50.2 Å². The summed E-state index contributed by atoms with van der Waals surface area (Å²) in [7, 11) is 0. The van der Waals surface area contributed by atoms with Gasteiger partial charge in [-0.05, 0) is 18.6 Å². The second-order valence-corrected chi connectivity index (χ2v) is 4.60. The van der Waals surface area contributed by atoms with Crippen LogP contribution in [0.1, 0.15) is 18.0 Å². The lowest BCUT2D eigenvalue weighted by Crippen LogP contribution is -2.00. The van der Waals surface area contributed by atoms with Crippen LogP contribution in [-0.4, -0.2) is 16.1 Å². The molecular formula is C15H13NO2. The van der Waals surface area contributed by atoms with Crippen molar-refractivity contribution in [1.82, 2.24) is 4.98 Å². The van der Waals surface area contributed by atoms with Crippen LogP contribution in [0.25, 0.3) is 11.3 Å². The summed E-state index contributed by atoms with van der Waals surface area (Å²) in [5.41, 5.74) is 2.86. The summed E-state index contributed by atoms with van der Waals surface area (Å²) in [6.45, 7) is 0. The molecule has 3 rings (SSSR count). The van der Waals surface area contributed by atoms with E-state index in [0.29, 0.717) is 6.42 Å². The number of rotatable bonds is 3. The molecule has 0 amide bonds. The van der Waals surface area contributed by atoms with Gasteiger partial charge in [-0.1, -0.05) is 36.4 Å². The van der Waals surface area contributed by atoms with Gasteiger partial charge in [0, 0.05) is 17.2 Å². The largest absolute Gasteiger partial charge is 0.481 e. The molecule has 1 fully saturated rings. The Hall–Kier alpha value is -2.16. The van der Waals surface area contributed by atoms with Gasteiger partial charge < -0.3 is 5.11 Å². The molecule has 2 atom stereocenters. The lowest BCUT2D eigenvalue weighted by molar-refractivity contribution is -0.138. The first-order valence-corrected chi connectivity index (χ1v) is 6.01. The molecule has 0 unspecified atom stereocenters. The maximum absolute atomic E-state index is 10.9. The van der Waals surface area contributed by atoms with Crippen LogP contribution < -0.4 is 0 Å². The van der Waals surface area contributed by atoms with E-state index in [-0.39, 0.29) is 11.8 Å². The van der Waals surface area contributed by atoms with E-state index in [1.807, 2.05) is 48.5 Å². The minimum atomic E-state index is -0.716. The molecule has 1 aliphatic carbocycles. The fourth-order valence-corrected chi connectivity index (χ4v) is 2.22. The number of pyridine rings is 1. The van der Waals surface area contributed by atoms with Crippen LogP contribution in [0.2, 0.25) is 0 Å². The van der Waals surface area contributed by atoms with Crippen LogP contribution in [0.4, 0.5) is 0 Å². The first-order chi connectivity index (χ1) is 8.75. The highest BCUT2D eigenvalue weighted by atomic mass is 16.4. The highest BCUT2D eigenvalue weighted by molar-refractivity contribution is 5.75. The third kappa shape index (κ3) is 1.99. The molecule has 1 N–H and O–H groups in total. The zero-order valence-electron chi connectivity index (χ0n) is 9.78. The molecule has 2 aromatic rings. The standard InChI is InChI=1S/C15H13NO2/c17-15(18)12-9-11(12)14-8-4-7-13(16-14)10-5-2-1-3-6-10/h1-8,11-12H,9H2,(H,17,18)/t11-,12-/m1/s1. The van der Waals surface area contributed by atoms with E-state index in [4.69, 9.17) is 5.11 Å². The molecule has 90 valence electrons. The van der Waals surface area contributed by atoms with Gasteiger partial charge in [0.15, 0.2) is 0 Å². The molecule has 0 aliphatic heterocycles. The van der Waals surface area contributed by atoms with Crippen LogP contribution in [0, 0.1) is 5.92 Å². The fraction of sp³-hybridized carbons (Fsp3) is 0.200. The van der Waals surface area contributed by atoms with Gasteiger partial charge in [-0.15, -0.1) is 0 Å². The monoisotopic (exact) mass is 239 g/mol. The molecule has 18 heavy (non-hydrogen) atoms. The normalized spacial score (nSPS) is 21.6. The number of carbonyl (C=O) groups is 1. The number of aromatic nitrogens is 1. The highest BCUT2D eigenvalue weighted by Crippen LogP contribution is 2.47. The summed E-state index contributed by atoms with van der Waals surface area (Å²) in [5, 5.41) is 8.94. The molecule has 0 spiro atoms. The molecule has 1 aromatic heterocycles. The van der Waals surface area contributed by atoms with Gasteiger partial charge in [0.05, 0.1) is 11.6 Å². The lowest BCUT2D eigenvalue weighted by atomic mass is 10.1. The number of carboxylic acid groups (broad SMARTS) is 1. The molecule has 1 saturated carbocycles. The van der Waals surface area contributed by atoms with E-state index in [1.54, 1.807) is 0 Å². The van der Waals surface area contributed by atoms with Crippen LogP contribution in [0.5, 0.6) is 0 Å². The Balaban J connectivity index is 1.89. The zero-order chi connectivity index (χ0) is 12.5. The number of aliphatic carboxylic acids is 1. The Morgan fingerprint density at radius 1 is 1.11 bits per heavy atom. The summed E-state index contributed by atoms with van der Waals surface area (Å²) < 4.78 is 0. The van der Waals surface area contributed by atoms with Crippen molar-refractivity contribution in [3.63, 3.8) is 0 Å². The lowest BCUT2D eigenvalue weighted by Gasteiger charge is -2.03. The Morgan fingerprint density at radius 3 is 2.56 bits per heavy atom. The van der Waals surface area contributed by atoms with Crippen molar-refractivity contribution in [2.24, 2.45) is 5.92 Å². The molecule has 1 aliphatic rings. The quantitative estimate of drug-likeness (QED) is 0.895. The molecule has 0 saturated heterocycles. The summed E-state index contributed by atoms with van der Waals surface area (Å²) in [6, 6.07) is 15.7. The summed E-state index contributed by atoms with van der Waals surface area (Å²) in [4.78, 5) is 15.4. The van der Waals surface area contributed by atoms with E-state index < -0.39 is 5.97 Å². The van der Waals surface area contributed by atoms with Crippen molar-refractivity contribution < 1.29 is 9.90 Å². The second kappa shape index (κ2) is 4.26. The zero-order valence-corrected chi connectivity index (χ0v) is 9.78. The van der Waals surface area contributed by atoms with Crippen LogP contribution in [0.3, 0.4) is 0 Å². The van der Waals surface area contributed by atoms with E-state index in [0.717, 1.165) is 17.0 Å². The molecular weight excluding hydrogens is 226 g/mol. The minimum absolute atomic E-state index is 0.0890. The van der Waals surface area contributed by atoms with Gasteiger partial charge in [0.1, 0.15) is 0 Å². The molecule has 1 heterocycles. The summed E-state index contributed by atoms with van der Waals surface area (Å²) in [6.07, 6.45) is 0.709. The van der Waals surface area contributed by atoms with Crippen molar-refractivity contribution in [3.05, 3.63) is 54.2 Å². The fourth-order valence-electron chi connectivity index (χ4n) is 2.22. The van der Waals surface area contributed by atoms with Gasteiger partial charge in [-0.3, -0.25) is 9.78 Å². The maximum Gasteiger partial charge on any atom is 0.307 e. The first kappa shape index (κ1) is 11.0. The van der Waals surface area contributed by atoms with Crippen LogP contribution >= 0.6 is 0 Å². The average Bonchev–Trinajstić information content (AvgIpc) is 3.20. The Kier molecular flexibility index (Phi) is 2.59. The minimum Gasteiger partial charge on any atom is -0.481 e. The van der Waals surface area contributed by atoms with E-state index in [2.05, 4.69) is 4.98 Å². The van der Waals surface area contributed by atoms with Crippen molar-refractivity contribution in [2.45, 2.75) is 12.3 Å². The third-order valence-electron chi connectivity index (χ3n) is 3.33. The van der Waals surface area contributed by atoms with Crippen molar-refractivity contribution in [1.29, 1.82) is 0 Å².